The van der Waals surface area contributed by atoms with Crippen LogP contribution in [0, 0.1) is 6.92 Å². The molecular formula is C13H20N2O2S. The van der Waals surface area contributed by atoms with Crippen LogP contribution in [0.1, 0.15) is 54.0 Å². The van der Waals surface area contributed by atoms with Gasteiger partial charge in [0.2, 0.25) is 0 Å². The molecule has 0 spiro atoms. The summed E-state index contributed by atoms with van der Waals surface area (Å²) in [6, 6.07) is 1.80. The molecule has 100 valence electrons. The summed E-state index contributed by atoms with van der Waals surface area (Å²) in [4.78, 5) is 11.5. The molecule has 18 heavy (non-hydrogen) atoms. The van der Waals surface area contributed by atoms with Crippen molar-refractivity contribution in [3.05, 3.63) is 23.2 Å². The van der Waals surface area contributed by atoms with Gasteiger partial charge in [-0.25, -0.2) is 5.84 Å². The Labute approximate surface area is 112 Å². The monoisotopic (exact) mass is 268 g/mol. The summed E-state index contributed by atoms with van der Waals surface area (Å²) in [6.45, 7) is 1.79. The first-order chi connectivity index (χ1) is 8.70. The van der Waals surface area contributed by atoms with Crippen LogP contribution >= 0.6 is 11.8 Å². The predicted octanol–water partition coefficient (Wildman–Crippen LogP) is 2.76. The third-order valence-electron chi connectivity index (χ3n) is 3.36. The minimum Gasteiger partial charge on any atom is -0.465 e. The van der Waals surface area contributed by atoms with E-state index in [4.69, 9.17) is 10.3 Å². The van der Waals surface area contributed by atoms with Gasteiger partial charge in [0.25, 0.3) is 5.91 Å². The Morgan fingerprint density at radius 1 is 1.50 bits per heavy atom. The number of nitrogens with one attached hydrogen (secondary N) is 1. The van der Waals surface area contributed by atoms with Crippen molar-refractivity contribution < 1.29 is 9.21 Å². The Kier molecular flexibility index (Phi) is 4.72. The number of carbonyl (C=O) groups is 1. The average Bonchev–Trinajstić information content (AvgIpc) is 2.78. The molecule has 0 aromatic carbocycles. The minimum atomic E-state index is -0.287. The highest BCUT2D eigenvalue weighted by atomic mass is 32.2. The molecule has 1 aromatic heterocycles. The Morgan fingerprint density at radius 2 is 2.22 bits per heavy atom. The Balaban J connectivity index is 1.91. The van der Waals surface area contributed by atoms with Gasteiger partial charge in [-0.15, -0.1) is 0 Å². The molecule has 0 atom stereocenters. The Morgan fingerprint density at radius 3 is 2.89 bits per heavy atom. The van der Waals surface area contributed by atoms with Gasteiger partial charge in [0.05, 0.1) is 11.3 Å². The summed E-state index contributed by atoms with van der Waals surface area (Å²) in [5, 5.41) is 0.746. The van der Waals surface area contributed by atoms with E-state index < -0.39 is 0 Å². The third-order valence-corrected chi connectivity index (χ3v) is 4.75. The fourth-order valence-electron chi connectivity index (χ4n) is 2.35. The van der Waals surface area contributed by atoms with Gasteiger partial charge >= 0.3 is 0 Å². The van der Waals surface area contributed by atoms with E-state index in [9.17, 15) is 4.79 Å². The smallest absolute Gasteiger partial charge is 0.268 e. The first kappa shape index (κ1) is 13.5. The molecule has 5 heteroatoms. The second-order valence-corrected chi connectivity index (χ2v) is 6.02. The van der Waals surface area contributed by atoms with Crippen LogP contribution in [0.4, 0.5) is 0 Å². The van der Waals surface area contributed by atoms with Gasteiger partial charge in [-0.3, -0.25) is 10.2 Å². The molecule has 1 aliphatic carbocycles. The van der Waals surface area contributed by atoms with Crippen LogP contribution in [-0.2, 0) is 5.75 Å². The number of amides is 1. The molecule has 1 aliphatic rings. The van der Waals surface area contributed by atoms with Gasteiger partial charge in [-0.05, 0) is 25.8 Å². The largest absolute Gasteiger partial charge is 0.465 e. The number of rotatable bonds is 4. The Hall–Kier alpha value is -0.940. The lowest BCUT2D eigenvalue weighted by molar-refractivity contribution is 0.0952. The zero-order chi connectivity index (χ0) is 13.0. The maximum Gasteiger partial charge on any atom is 0.268 e. The summed E-state index contributed by atoms with van der Waals surface area (Å²) in [6.07, 6.45) is 6.67. The molecule has 1 fully saturated rings. The molecule has 0 unspecified atom stereocenters. The molecule has 1 saturated carbocycles. The van der Waals surface area contributed by atoms with E-state index in [2.05, 4.69) is 5.43 Å². The molecule has 2 rings (SSSR count). The standard InChI is InChI=1S/C13H20N2O2S/c1-9-12(13(16)15-14)7-10(17-9)8-18-11-5-3-2-4-6-11/h7,11H,2-6,8,14H2,1H3,(H,15,16). The number of carbonyl (C=O) groups excluding carboxylic acids is 1. The molecule has 0 aliphatic heterocycles. The van der Waals surface area contributed by atoms with Crippen molar-refractivity contribution in [1.29, 1.82) is 0 Å². The summed E-state index contributed by atoms with van der Waals surface area (Å²) in [5.74, 6) is 7.18. The summed E-state index contributed by atoms with van der Waals surface area (Å²) in [5.41, 5.74) is 2.67. The highest BCUT2D eigenvalue weighted by molar-refractivity contribution is 7.99. The van der Waals surface area contributed by atoms with E-state index in [-0.39, 0.29) is 5.91 Å². The first-order valence-electron chi connectivity index (χ1n) is 6.42. The van der Waals surface area contributed by atoms with Gasteiger partial charge < -0.3 is 4.42 Å². The Bertz CT molecular complexity index is 411. The van der Waals surface area contributed by atoms with Crippen molar-refractivity contribution in [3.63, 3.8) is 0 Å². The number of hydrogen-bond donors (Lipinski definition) is 2. The SMILES string of the molecule is Cc1oc(CSC2CCCCC2)cc1C(=O)NN. The molecule has 4 nitrogen and oxygen atoms in total. The van der Waals surface area contributed by atoms with E-state index in [1.807, 2.05) is 11.8 Å². The average molecular weight is 268 g/mol. The lowest BCUT2D eigenvalue weighted by Gasteiger charge is -2.20. The highest BCUT2D eigenvalue weighted by Crippen LogP contribution is 2.31. The lowest BCUT2D eigenvalue weighted by atomic mass is 10.0. The predicted molar refractivity (Wildman–Crippen MR) is 73.3 cm³/mol. The summed E-state index contributed by atoms with van der Waals surface area (Å²) in [7, 11) is 0. The van der Waals surface area contributed by atoms with Crippen LogP contribution in [0.2, 0.25) is 0 Å². The van der Waals surface area contributed by atoms with E-state index in [1.165, 1.54) is 32.1 Å². The number of hydrogen-bond acceptors (Lipinski definition) is 4. The van der Waals surface area contributed by atoms with E-state index >= 15 is 0 Å². The van der Waals surface area contributed by atoms with Gasteiger partial charge in [0.15, 0.2) is 0 Å². The minimum absolute atomic E-state index is 0.287. The number of hydrazine groups is 1. The molecule has 1 amide bonds. The molecule has 0 saturated heterocycles. The van der Waals surface area contributed by atoms with Crippen LogP contribution in [0.5, 0.6) is 0 Å². The fourth-order valence-corrected chi connectivity index (χ4v) is 3.56. The van der Waals surface area contributed by atoms with Crippen molar-refractivity contribution in [3.8, 4) is 0 Å². The second kappa shape index (κ2) is 6.29. The maximum atomic E-state index is 11.5. The number of thioether (sulfide) groups is 1. The molecule has 3 N–H and O–H groups in total. The van der Waals surface area contributed by atoms with Crippen molar-refractivity contribution in [2.45, 2.75) is 50.0 Å². The zero-order valence-corrected chi connectivity index (χ0v) is 11.5. The van der Waals surface area contributed by atoms with Crippen molar-refractivity contribution in [2.75, 3.05) is 0 Å². The number of nitrogens with two attached hydrogens (primary N) is 1. The van der Waals surface area contributed by atoms with Gasteiger partial charge in [0.1, 0.15) is 11.5 Å². The van der Waals surface area contributed by atoms with Crippen molar-refractivity contribution in [1.82, 2.24) is 5.43 Å². The van der Waals surface area contributed by atoms with Crippen molar-refractivity contribution in [2.24, 2.45) is 5.84 Å². The normalized spacial score (nSPS) is 16.8. The molecule has 0 bridgehead atoms. The summed E-state index contributed by atoms with van der Waals surface area (Å²) < 4.78 is 5.59. The highest BCUT2D eigenvalue weighted by Gasteiger charge is 2.17. The molecular weight excluding hydrogens is 248 g/mol. The van der Waals surface area contributed by atoms with Crippen LogP contribution in [0.25, 0.3) is 0 Å². The van der Waals surface area contributed by atoms with E-state index in [0.717, 1.165) is 16.8 Å². The number of aryl methyl sites for hydroxylation is 1. The quantitative estimate of drug-likeness (QED) is 0.500. The van der Waals surface area contributed by atoms with Crippen LogP contribution in [0.3, 0.4) is 0 Å². The van der Waals surface area contributed by atoms with Gasteiger partial charge in [-0.1, -0.05) is 19.3 Å². The molecule has 1 aromatic rings. The van der Waals surface area contributed by atoms with Gasteiger partial charge in [0, 0.05) is 5.25 Å². The summed E-state index contributed by atoms with van der Waals surface area (Å²) >= 11 is 1.94. The lowest BCUT2D eigenvalue weighted by Crippen LogP contribution is -2.30. The van der Waals surface area contributed by atoms with Crippen LogP contribution in [-0.4, -0.2) is 11.2 Å². The van der Waals surface area contributed by atoms with Crippen LogP contribution in [0.15, 0.2) is 10.5 Å². The third kappa shape index (κ3) is 3.29. The molecule has 0 radical (unpaired) electrons. The van der Waals surface area contributed by atoms with E-state index in [1.54, 1.807) is 13.0 Å². The number of furan rings is 1. The second-order valence-electron chi connectivity index (χ2n) is 4.73. The van der Waals surface area contributed by atoms with Crippen molar-refractivity contribution >= 4 is 17.7 Å². The van der Waals surface area contributed by atoms with E-state index in [0.29, 0.717) is 11.3 Å². The van der Waals surface area contributed by atoms with Crippen LogP contribution < -0.4 is 11.3 Å². The topological polar surface area (TPSA) is 68.3 Å². The molecule has 1 heterocycles. The zero-order valence-electron chi connectivity index (χ0n) is 10.7. The first-order valence-corrected chi connectivity index (χ1v) is 7.47. The number of nitrogen functional groups attached to an aromatic ring is 1. The van der Waals surface area contributed by atoms with Gasteiger partial charge in [-0.2, -0.15) is 11.8 Å². The maximum absolute atomic E-state index is 11.5. The fraction of sp³-hybridized carbons (Fsp3) is 0.615.